The molecule has 150 valence electrons. The normalized spacial score (nSPS) is 14.5. The second-order valence-electron chi connectivity index (χ2n) is 7.75. The van der Waals surface area contributed by atoms with E-state index in [2.05, 4.69) is 15.4 Å². The number of sulfonamides is 1. The Morgan fingerprint density at radius 3 is 2.21 bits per heavy atom. The fourth-order valence-corrected chi connectivity index (χ4v) is 3.79. The lowest BCUT2D eigenvalue weighted by Crippen LogP contribution is -2.40. The van der Waals surface area contributed by atoms with Gasteiger partial charge < -0.3 is 15.1 Å². The molecule has 0 saturated heterocycles. The summed E-state index contributed by atoms with van der Waals surface area (Å²) in [5.41, 5.74) is 0.285. The van der Waals surface area contributed by atoms with Crippen molar-refractivity contribution in [3.8, 4) is 0 Å². The lowest BCUT2D eigenvalue weighted by atomic mass is 10.1. The van der Waals surface area contributed by atoms with Gasteiger partial charge in [0, 0.05) is 22.8 Å². The van der Waals surface area contributed by atoms with E-state index in [4.69, 9.17) is 4.42 Å². The maximum Gasteiger partial charge on any atom is 0.291 e. The summed E-state index contributed by atoms with van der Waals surface area (Å²) in [6.07, 6.45) is 2.01. The zero-order valence-electron chi connectivity index (χ0n) is 15.9. The highest BCUT2D eigenvalue weighted by atomic mass is 32.2. The van der Waals surface area contributed by atoms with Crippen LogP contribution in [0, 0.1) is 0 Å². The molecule has 0 unspecified atom stereocenters. The van der Waals surface area contributed by atoms with Gasteiger partial charge in [0.2, 0.25) is 5.09 Å². The van der Waals surface area contributed by atoms with Crippen LogP contribution in [-0.4, -0.2) is 31.8 Å². The minimum absolute atomic E-state index is 0.134. The predicted octanol–water partition coefficient (Wildman–Crippen LogP) is 2.50. The molecule has 9 heteroatoms. The van der Waals surface area contributed by atoms with Gasteiger partial charge in [0.15, 0.2) is 5.76 Å². The number of hydrogen-bond acceptors (Lipinski definition) is 5. The van der Waals surface area contributed by atoms with Crippen LogP contribution < -0.4 is 15.4 Å². The van der Waals surface area contributed by atoms with E-state index in [-0.39, 0.29) is 22.8 Å². The summed E-state index contributed by atoms with van der Waals surface area (Å²) in [6.45, 7) is 5.11. The Bertz CT molecular complexity index is 983. The number of furan rings is 1. The Labute approximate surface area is 163 Å². The van der Waals surface area contributed by atoms with Crippen molar-refractivity contribution in [2.75, 3.05) is 5.32 Å². The molecule has 1 aliphatic carbocycles. The summed E-state index contributed by atoms with van der Waals surface area (Å²) in [4.78, 5) is 24.3. The summed E-state index contributed by atoms with van der Waals surface area (Å²) < 4.78 is 32.2. The first-order chi connectivity index (χ1) is 13.0. The molecule has 3 rings (SSSR count). The fraction of sp³-hybridized carbons (Fsp3) is 0.368. The number of amides is 2. The minimum atomic E-state index is -3.86. The van der Waals surface area contributed by atoms with E-state index in [1.807, 2.05) is 0 Å². The number of benzene rings is 1. The van der Waals surface area contributed by atoms with Gasteiger partial charge in [-0.3, -0.25) is 9.59 Å². The molecule has 0 spiro atoms. The molecular weight excluding hydrogens is 382 g/mol. The third-order valence-electron chi connectivity index (χ3n) is 3.83. The second-order valence-corrected chi connectivity index (χ2v) is 9.37. The summed E-state index contributed by atoms with van der Waals surface area (Å²) in [7, 11) is -3.86. The average molecular weight is 405 g/mol. The maximum absolute atomic E-state index is 12.3. The Morgan fingerprint density at radius 1 is 1.00 bits per heavy atom. The molecule has 2 aromatic rings. The van der Waals surface area contributed by atoms with E-state index < -0.39 is 21.5 Å². The molecular formula is C19H23N3O5S. The van der Waals surface area contributed by atoms with E-state index >= 15 is 0 Å². The molecule has 0 atom stereocenters. The highest BCUT2D eigenvalue weighted by Gasteiger charge is 2.26. The largest absolute Gasteiger partial charge is 0.438 e. The maximum atomic E-state index is 12.3. The number of carbonyl (C=O) groups is 2. The van der Waals surface area contributed by atoms with E-state index in [9.17, 15) is 18.0 Å². The Balaban J connectivity index is 1.65. The standard InChI is InChI=1S/C19H23N3O5S/c1-19(2,3)22-28(25,26)16-11-10-15(27-16)18(24)21-13-6-4-12(5-7-13)17(23)20-14-8-9-14/h4-7,10-11,14,22H,8-9H2,1-3H3,(H,20,23)(H,21,24). The molecule has 1 heterocycles. The number of nitrogens with one attached hydrogen (secondary N) is 3. The van der Waals surface area contributed by atoms with Crippen LogP contribution in [0.5, 0.6) is 0 Å². The van der Waals surface area contributed by atoms with Gasteiger partial charge >= 0.3 is 0 Å². The molecule has 2 amide bonds. The number of anilines is 1. The average Bonchev–Trinajstić information content (AvgIpc) is 3.23. The number of rotatable bonds is 6. The molecule has 0 bridgehead atoms. The van der Waals surface area contributed by atoms with E-state index in [1.54, 1.807) is 45.0 Å². The van der Waals surface area contributed by atoms with Crippen LogP contribution in [0.4, 0.5) is 5.69 Å². The highest BCUT2D eigenvalue weighted by Crippen LogP contribution is 2.20. The fourth-order valence-electron chi connectivity index (χ4n) is 2.43. The van der Waals surface area contributed by atoms with Gasteiger partial charge in [-0.15, -0.1) is 0 Å². The first-order valence-corrected chi connectivity index (χ1v) is 10.4. The van der Waals surface area contributed by atoms with Crippen molar-refractivity contribution in [1.29, 1.82) is 0 Å². The Hall–Kier alpha value is -2.65. The molecule has 1 saturated carbocycles. The first kappa shape index (κ1) is 20.1. The van der Waals surface area contributed by atoms with E-state index in [0.717, 1.165) is 12.8 Å². The molecule has 1 aliphatic rings. The SMILES string of the molecule is CC(C)(C)NS(=O)(=O)c1ccc(C(=O)Nc2ccc(C(=O)NC3CC3)cc2)o1. The predicted molar refractivity (Wildman–Crippen MR) is 104 cm³/mol. The topological polar surface area (TPSA) is 118 Å². The summed E-state index contributed by atoms with van der Waals surface area (Å²) >= 11 is 0. The summed E-state index contributed by atoms with van der Waals surface area (Å²) in [5.74, 6) is -0.871. The summed E-state index contributed by atoms with van der Waals surface area (Å²) in [6, 6.07) is 9.21. The molecule has 1 aromatic carbocycles. The van der Waals surface area contributed by atoms with Crippen LogP contribution in [-0.2, 0) is 10.0 Å². The van der Waals surface area contributed by atoms with Crippen LogP contribution in [0.1, 0.15) is 54.5 Å². The lowest BCUT2D eigenvalue weighted by molar-refractivity contribution is 0.0950. The van der Waals surface area contributed by atoms with Crippen molar-refractivity contribution < 1.29 is 22.4 Å². The van der Waals surface area contributed by atoms with Gasteiger partial charge in [0.1, 0.15) is 0 Å². The van der Waals surface area contributed by atoms with Crippen molar-refractivity contribution >= 4 is 27.5 Å². The van der Waals surface area contributed by atoms with Crippen molar-refractivity contribution in [3.05, 3.63) is 47.7 Å². The number of hydrogen-bond donors (Lipinski definition) is 3. The van der Waals surface area contributed by atoms with Crippen molar-refractivity contribution in [1.82, 2.24) is 10.0 Å². The Kier molecular flexibility index (Phi) is 5.31. The molecule has 28 heavy (non-hydrogen) atoms. The Morgan fingerprint density at radius 2 is 1.64 bits per heavy atom. The van der Waals surface area contributed by atoms with Crippen LogP contribution in [0.15, 0.2) is 45.9 Å². The van der Waals surface area contributed by atoms with E-state index in [0.29, 0.717) is 11.3 Å². The molecule has 0 aliphatic heterocycles. The molecule has 1 aromatic heterocycles. The van der Waals surface area contributed by atoms with Crippen LogP contribution in [0.2, 0.25) is 0 Å². The number of carbonyl (C=O) groups excluding carboxylic acids is 2. The van der Waals surface area contributed by atoms with Crippen LogP contribution in [0.3, 0.4) is 0 Å². The lowest BCUT2D eigenvalue weighted by Gasteiger charge is -2.18. The molecule has 1 fully saturated rings. The third kappa shape index (κ3) is 5.20. The zero-order chi connectivity index (χ0) is 20.5. The smallest absolute Gasteiger partial charge is 0.291 e. The molecule has 0 radical (unpaired) electrons. The molecule has 3 N–H and O–H groups in total. The van der Waals surface area contributed by atoms with Crippen LogP contribution >= 0.6 is 0 Å². The zero-order valence-corrected chi connectivity index (χ0v) is 16.7. The minimum Gasteiger partial charge on any atom is -0.438 e. The van der Waals surface area contributed by atoms with Gasteiger partial charge in [-0.25, -0.2) is 13.1 Å². The quantitative estimate of drug-likeness (QED) is 0.683. The van der Waals surface area contributed by atoms with Gasteiger partial charge in [0.05, 0.1) is 0 Å². The molecule has 8 nitrogen and oxygen atoms in total. The first-order valence-electron chi connectivity index (χ1n) is 8.90. The third-order valence-corrected chi connectivity index (χ3v) is 5.46. The van der Waals surface area contributed by atoms with Gasteiger partial charge in [0.25, 0.3) is 21.8 Å². The van der Waals surface area contributed by atoms with Gasteiger partial charge in [-0.2, -0.15) is 0 Å². The van der Waals surface area contributed by atoms with Crippen molar-refractivity contribution in [3.63, 3.8) is 0 Å². The van der Waals surface area contributed by atoms with E-state index in [1.165, 1.54) is 12.1 Å². The van der Waals surface area contributed by atoms with Crippen molar-refractivity contribution in [2.45, 2.75) is 50.3 Å². The van der Waals surface area contributed by atoms with Crippen molar-refractivity contribution in [2.24, 2.45) is 0 Å². The monoisotopic (exact) mass is 405 g/mol. The summed E-state index contributed by atoms with van der Waals surface area (Å²) in [5, 5.41) is 5.16. The highest BCUT2D eigenvalue weighted by molar-refractivity contribution is 7.89. The second kappa shape index (κ2) is 7.40. The van der Waals surface area contributed by atoms with Gasteiger partial charge in [-0.05, 0) is 70.0 Å². The van der Waals surface area contributed by atoms with Crippen LogP contribution in [0.25, 0.3) is 0 Å². The van der Waals surface area contributed by atoms with Gasteiger partial charge in [-0.1, -0.05) is 0 Å².